The molecule has 6 heteroatoms. The van der Waals surface area contributed by atoms with Crippen LogP contribution in [-0.2, 0) is 14.3 Å². The van der Waals surface area contributed by atoms with Gasteiger partial charge in [-0.15, -0.1) is 11.8 Å². The first-order valence-electron chi connectivity index (χ1n) is 8.35. The van der Waals surface area contributed by atoms with Gasteiger partial charge in [0, 0.05) is 10.6 Å². The number of thioether (sulfide) groups is 1. The third kappa shape index (κ3) is 5.59. The van der Waals surface area contributed by atoms with Gasteiger partial charge in [0.2, 0.25) is 0 Å². The van der Waals surface area contributed by atoms with E-state index in [0.29, 0.717) is 10.6 Å². The zero-order valence-electron chi connectivity index (χ0n) is 15.0. The van der Waals surface area contributed by atoms with Crippen LogP contribution in [0.1, 0.15) is 32.3 Å². The molecule has 0 bridgehead atoms. The molecule has 0 aliphatic rings. The number of amides is 1. The summed E-state index contributed by atoms with van der Waals surface area (Å²) in [5, 5.41) is 2.80. The van der Waals surface area contributed by atoms with Crippen LogP contribution in [0.15, 0.2) is 53.4 Å². The van der Waals surface area contributed by atoms with E-state index in [4.69, 9.17) is 4.74 Å². The molecule has 1 atom stereocenters. The van der Waals surface area contributed by atoms with E-state index in [-0.39, 0.29) is 17.5 Å². The van der Waals surface area contributed by atoms with Crippen LogP contribution in [0.3, 0.4) is 0 Å². The van der Waals surface area contributed by atoms with E-state index in [1.807, 2.05) is 38.1 Å². The number of benzene rings is 2. The molecule has 0 aromatic heterocycles. The Kier molecular flexibility index (Phi) is 7.21. The SMILES string of the molecule is CC(C)c1ccccc1NC(=O)[C@H](C)OC(=O)CSc1ccccc1F. The van der Waals surface area contributed by atoms with Crippen molar-refractivity contribution in [3.63, 3.8) is 0 Å². The van der Waals surface area contributed by atoms with Crippen LogP contribution in [0, 0.1) is 5.82 Å². The molecule has 0 heterocycles. The second kappa shape index (κ2) is 9.38. The van der Waals surface area contributed by atoms with Crippen molar-refractivity contribution >= 4 is 29.3 Å². The third-order valence-corrected chi connectivity index (χ3v) is 4.72. The molecule has 4 nitrogen and oxygen atoms in total. The van der Waals surface area contributed by atoms with Gasteiger partial charge in [-0.1, -0.05) is 44.2 Å². The largest absolute Gasteiger partial charge is 0.452 e. The van der Waals surface area contributed by atoms with Crippen LogP contribution in [0.5, 0.6) is 0 Å². The summed E-state index contributed by atoms with van der Waals surface area (Å²) in [5.74, 6) is -1.18. The number of carbonyl (C=O) groups excluding carboxylic acids is 2. The minimum Gasteiger partial charge on any atom is -0.452 e. The minimum atomic E-state index is -0.941. The van der Waals surface area contributed by atoms with Crippen LogP contribution in [-0.4, -0.2) is 23.7 Å². The molecule has 0 spiro atoms. The van der Waals surface area contributed by atoms with Gasteiger partial charge >= 0.3 is 5.97 Å². The predicted molar refractivity (Wildman–Crippen MR) is 102 cm³/mol. The van der Waals surface area contributed by atoms with Crippen LogP contribution in [0.2, 0.25) is 0 Å². The number of halogens is 1. The second-order valence-corrected chi connectivity index (χ2v) is 7.10. The number of para-hydroxylation sites is 1. The van der Waals surface area contributed by atoms with E-state index < -0.39 is 18.0 Å². The van der Waals surface area contributed by atoms with E-state index in [9.17, 15) is 14.0 Å². The number of nitrogens with one attached hydrogen (secondary N) is 1. The molecular weight excluding hydrogens is 353 g/mol. The fraction of sp³-hybridized carbons (Fsp3) is 0.300. The molecule has 1 N–H and O–H groups in total. The highest BCUT2D eigenvalue weighted by atomic mass is 32.2. The number of rotatable bonds is 7. The smallest absolute Gasteiger partial charge is 0.317 e. The zero-order chi connectivity index (χ0) is 19.1. The molecular formula is C20H22FNO3S. The van der Waals surface area contributed by atoms with Gasteiger partial charge in [-0.25, -0.2) is 4.39 Å². The molecule has 0 unspecified atom stereocenters. The molecule has 0 saturated carbocycles. The van der Waals surface area contributed by atoms with Crippen molar-refractivity contribution in [1.82, 2.24) is 0 Å². The lowest BCUT2D eigenvalue weighted by atomic mass is 10.0. The molecule has 0 saturated heterocycles. The van der Waals surface area contributed by atoms with E-state index in [1.165, 1.54) is 13.0 Å². The summed E-state index contributed by atoms with van der Waals surface area (Å²) < 4.78 is 18.7. The van der Waals surface area contributed by atoms with Crippen LogP contribution in [0.4, 0.5) is 10.1 Å². The molecule has 138 valence electrons. The van der Waals surface area contributed by atoms with Gasteiger partial charge in [-0.05, 0) is 36.6 Å². The molecule has 26 heavy (non-hydrogen) atoms. The van der Waals surface area contributed by atoms with Crippen molar-refractivity contribution in [3.05, 3.63) is 59.9 Å². The van der Waals surface area contributed by atoms with Crippen LogP contribution in [0.25, 0.3) is 0 Å². The molecule has 0 fully saturated rings. The van der Waals surface area contributed by atoms with Gasteiger partial charge in [-0.3, -0.25) is 9.59 Å². The van der Waals surface area contributed by atoms with Crippen molar-refractivity contribution < 1.29 is 18.7 Å². The maximum atomic E-state index is 13.5. The Labute approximate surface area is 157 Å². The van der Waals surface area contributed by atoms with Gasteiger partial charge in [0.15, 0.2) is 6.10 Å². The first-order valence-corrected chi connectivity index (χ1v) is 9.33. The number of esters is 1. The molecule has 2 aromatic rings. The highest BCUT2D eigenvalue weighted by Gasteiger charge is 2.19. The van der Waals surface area contributed by atoms with E-state index in [2.05, 4.69) is 5.32 Å². The summed E-state index contributed by atoms with van der Waals surface area (Å²) in [7, 11) is 0. The number of carbonyl (C=O) groups is 2. The predicted octanol–water partition coefficient (Wildman–Crippen LogP) is 4.61. The zero-order valence-corrected chi connectivity index (χ0v) is 15.8. The number of ether oxygens (including phenoxy) is 1. The lowest BCUT2D eigenvalue weighted by Gasteiger charge is -2.17. The summed E-state index contributed by atoms with van der Waals surface area (Å²) in [6.45, 7) is 5.59. The van der Waals surface area contributed by atoms with Crippen molar-refractivity contribution in [3.8, 4) is 0 Å². The van der Waals surface area contributed by atoms with Crippen molar-refractivity contribution in [2.75, 3.05) is 11.1 Å². The molecule has 2 rings (SSSR count). The summed E-state index contributed by atoms with van der Waals surface area (Å²) in [6.07, 6.45) is -0.941. The maximum Gasteiger partial charge on any atom is 0.317 e. The first-order chi connectivity index (χ1) is 12.4. The highest BCUT2D eigenvalue weighted by molar-refractivity contribution is 8.00. The maximum absolute atomic E-state index is 13.5. The van der Waals surface area contributed by atoms with E-state index in [0.717, 1.165) is 17.3 Å². The Balaban J connectivity index is 1.89. The van der Waals surface area contributed by atoms with Gasteiger partial charge < -0.3 is 10.1 Å². The number of hydrogen-bond donors (Lipinski definition) is 1. The van der Waals surface area contributed by atoms with Crippen LogP contribution < -0.4 is 5.32 Å². The highest BCUT2D eigenvalue weighted by Crippen LogP contribution is 2.24. The van der Waals surface area contributed by atoms with Crippen molar-refractivity contribution in [2.45, 2.75) is 37.7 Å². The van der Waals surface area contributed by atoms with Crippen LogP contribution >= 0.6 is 11.8 Å². The molecule has 2 aromatic carbocycles. The lowest BCUT2D eigenvalue weighted by Crippen LogP contribution is -2.30. The first kappa shape index (κ1) is 20.0. The normalized spacial score (nSPS) is 11.9. The van der Waals surface area contributed by atoms with Crippen molar-refractivity contribution in [1.29, 1.82) is 0 Å². The number of hydrogen-bond acceptors (Lipinski definition) is 4. The third-order valence-electron chi connectivity index (χ3n) is 3.70. The Morgan fingerprint density at radius 1 is 1.08 bits per heavy atom. The summed E-state index contributed by atoms with van der Waals surface area (Å²) in [6, 6.07) is 13.7. The standard InChI is InChI=1S/C20H22FNO3S/c1-13(2)15-8-4-6-10-17(15)22-20(24)14(3)25-19(23)12-26-18-11-7-5-9-16(18)21/h4-11,13-14H,12H2,1-3H3,(H,22,24)/t14-/m0/s1. The van der Waals surface area contributed by atoms with Gasteiger partial charge in [0.1, 0.15) is 5.82 Å². The molecule has 0 radical (unpaired) electrons. The van der Waals surface area contributed by atoms with Gasteiger partial charge in [-0.2, -0.15) is 0 Å². The average Bonchev–Trinajstić information content (AvgIpc) is 2.61. The Morgan fingerprint density at radius 2 is 1.73 bits per heavy atom. The fourth-order valence-electron chi connectivity index (χ4n) is 2.33. The van der Waals surface area contributed by atoms with E-state index >= 15 is 0 Å². The van der Waals surface area contributed by atoms with Gasteiger partial charge in [0.05, 0.1) is 5.75 Å². The summed E-state index contributed by atoms with van der Waals surface area (Å²) in [5.41, 5.74) is 1.71. The van der Waals surface area contributed by atoms with Crippen molar-refractivity contribution in [2.24, 2.45) is 0 Å². The minimum absolute atomic E-state index is 0.0683. The monoisotopic (exact) mass is 375 g/mol. The number of anilines is 1. The second-order valence-electron chi connectivity index (χ2n) is 6.08. The summed E-state index contributed by atoms with van der Waals surface area (Å²) in [4.78, 5) is 24.6. The van der Waals surface area contributed by atoms with Gasteiger partial charge in [0.25, 0.3) is 5.91 Å². The Morgan fingerprint density at radius 3 is 2.42 bits per heavy atom. The molecule has 0 aliphatic carbocycles. The lowest BCUT2D eigenvalue weighted by molar-refractivity contribution is -0.150. The Bertz CT molecular complexity index is 779. The fourth-order valence-corrected chi connectivity index (χ4v) is 3.05. The average molecular weight is 375 g/mol. The quantitative estimate of drug-likeness (QED) is 0.567. The summed E-state index contributed by atoms with van der Waals surface area (Å²) >= 11 is 1.04. The molecule has 1 amide bonds. The topological polar surface area (TPSA) is 55.4 Å². The molecule has 0 aliphatic heterocycles. The van der Waals surface area contributed by atoms with E-state index in [1.54, 1.807) is 18.2 Å². The Hall–Kier alpha value is -2.34.